The lowest BCUT2D eigenvalue weighted by atomic mass is 9.86. The summed E-state index contributed by atoms with van der Waals surface area (Å²) in [7, 11) is 0. The lowest BCUT2D eigenvalue weighted by Gasteiger charge is -2.40. The quantitative estimate of drug-likeness (QED) is 0.745. The van der Waals surface area contributed by atoms with Gasteiger partial charge in [-0.05, 0) is 43.9 Å². The smallest absolute Gasteiger partial charge is 0.120 e. The number of benzene rings is 1. The predicted molar refractivity (Wildman–Crippen MR) is 89.9 cm³/mol. The van der Waals surface area contributed by atoms with E-state index < -0.39 is 0 Å². The van der Waals surface area contributed by atoms with Crippen LogP contribution in [-0.4, -0.2) is 31.4 Å². The van der Waals surface area contributed by atoms with Crippen molar-refractivity contribution >= 4 is 15.9 Å². The summed E-state index contributed by atoms with van der Waals surface area (Å²) in [5.41, 5.74) is 0.0844. The number of rotatable bonds is 7. The first-order valence-electron chi connectivity index (χ1n) is 7.93. The van der Waals surface area contributed by atoms with Crippen molar-refractivity contribution in [2.75, 3.05) is 19.8 Å². The number of halogens is 1. The molecule has 1 aromatic rings. The van der Waals surface area contributed by atoms with Gasteiger partial charge in [-0.2, -0.15) is 0 Å². The Labute approximate surface area is 136 Å². The van der Waals surface area contributed by atoms with Crippen LogP contribution < -0.4 is 10.1 Å². The van der Waals surface area contributed by atoms with E-state index in [9.17, 15) is 0 Å². The first kappa shape index (κ1) is 16.8. The molecule has 0 radical (unpaired) electrons. The van der Waals surface area contributed by atoms with Crippen LogP contribution in [0.15, 0.2) is 28.7 Å². The lowest BCUT2D eigenvalue weighted by molar-refractivity contribution is -0.0931. The van der Waals surface area contributed by atoms with Gasteiger partial charge in [0.05, 0.1) is 5.60 Å². The van der Waals surface area contributed by atoms with Crippen molar-refractivity contribution in [1.29, 1.82) is 0 Å². The van der Waals surface area contributed by atoms with Gasteiger partial charge in [-0.15, -0.1) is 0 Å². The molecule has 0 aliphatic carbocycles. The molecule has 0 amide bonds. The Kier molecular flexibility index (Phi) is 6.52. The Balaban J connectivity index is 1.71. The molecule has 0 saturated carbocycles. The molecule has 1 aliphatic rings. The van der Waals surface area contributed by atoms with E-state index in [4.69, 9.17) is 9.47 Å². The molecule has 0 bridgehead atoms. The van der Waals surface area contributed by atoms with E-state index >= 15 is 0 Å². The van der Waals surface area contributed by atoms with Crippen LogP contribution in [0.1, 0.15) is 39.5 Å². The van der Waals surface area contributed by atoms with Gasteiger partial charge in [0.25, 0.3) is 0 Å². The number of ether oxygens (including phenoxy) is 2. The van der Waals surface area contributed by atoms with Crippen molar-refractivity contribution < 1.29 is 9.47 Å². The average molecular weight is 356 g/mol. The van der Waals surface area contributed by atoms with Crippen LogP contribution in [0.5, 0.6) is 5.75 Å². The van der Waals surface area contributed by atoms with Crippen LogP contribution in [0.2, 0.25) is 0 Å². The van der Waals surface area contributed by atoms with Crippen molar-refractivity contribution in [3.63, 3.8) is 0 Å². The zero-order valence-corrected chi connectivity index (χ0v) is 14.6. The number of hydrogen-bond acceptors (Lipinski definition) is 3. The zero-order valence-electron chi connectivity index (χ0n) is 13.0. The second-order valence-electron chi connectivity index (χ2n) is 5.69. The molecule has 21 heavy (non-hydrogen) atoms. The summed E-state index contributed by atoms with van der Waals surface area (Å²) in [4.78, 5) is 0. The van der Waals surface area contributed by atoms with E-state index in [1.165, 1.54) is 0 Å². The highest BCUT2D eigenvalue weighted by atomic mass is 79.9. The molecule has 1 atom stereocenters. The lowest BCUT2D eigenvalue weighted by Crippen LogP contribution is -2.47. The fraction of sp³-hybridized carbons (Fsp3) is 0.647. The van der Waals surface area contributed by atoms with Gasteiger partial charge in [0.1, 0.15) is 12.4 Å². The Bertz CT molecular complexity index is 435. The Morgan fingerprint density at radius 3 is 2.90 bits per heavy atom. The van der Waals surface area contributed by atoms with Crippen LogP contribution in [0.3, 0.4) is 0 Å². The van der Waals surface area contributed by atoms with E-state index in [-0.39, 0.29) is 5.60 Å². The summed E-state index contributed by atoms with van der Waals surface area (Å²) in [6.45, 7) is 6.89. The van der Waals surface area contributed by atoms with E-state index in [1.807, 2.05) is 24.3 Å². The summed E-state index contributed by atoms with van der Waals surface area (Å²) in [5.74, 6) is 0.912. The standard InChI is InChI=1S/C17H26BrNO2/c1-3-17(4-2)13-15(8-10-21-17)19-9-11-20-16-7-5-6-14(18)12-16/h5-7,12,15,19H,3-4,8-11,13H2,1-2H3. The molecule has 1 fully saturated rings. The second kappa shape index (κ2) is 8.16. The molecule has 1 aromatic carbocycles. The third-order valence-corrected chi connectivity index (χ3v) is 4.87. The molecule has 118 valence electrons. The molecule has 1 heterocycles. The van der Waals surface area contributed by atoms with Gasteiger partial charge in [-0.3, -0.25) is 0 Å². The number of nitrogens with one attached hydrogen (secondary N) is 1. The number of hydrogen-bond donors (Lipinski definition) is 1. The highest BCUT2D eigenvalue weighted by Crippen LogP contribution is 2.31. The SMILES string of the molecule is CCC1(CC)CC(NCCOc2cccc(Br)c2)CCO1. The summed E-state index contributed by atoms with van der Waals surface area (Å²) in [6.07, 6.45) is 4.39. The molecule has 1 aliphatic heterocycles. The van der Waals surface area contributed by atoms with E-state index in [1.54, 1.807) is 0 Å². The largest absolute Gasteiger partial charge is 0.492 e. The maximum absolute atomic E-state index is 6.01. The Morgan fingerprint density at radius 2 is 2.19 bits per heavy atom. The summed E-state index contributed by atoms with van der Waals surface area (Å²) >= 11 is 3.45. The summed E-state index contributed by atoms with van der Waals surface area (Å²) in [5, 5.41) is 3.61. The van der Waals surface area contributed by atoms with Gasteiger partial charge in [0.2, 0.25) is 0 Å². The highest BCUT2D eigenvalue weighted by Gasteiger charge is 2.34. The molecule has 1 saturated heterocycles. The summed E-state index contributed by atoms with van der Waals surface area (Å²) in [6, 6.07) is 8.51. The summed E-state index contributed by atoms with van der Waals surface area (Å²) < 4.78 is 12.8. The van der Waals surface area contributed by atoms with Crippen molar-refractivity contribution in [1.82, 2.24) is 5.32 Å². The van der Waals surface area contributed by atoms with E-state index in [2.05, 4.69) is 35.1 Å². The zero-order chi connectivity index (χ0) is 15.1. The van der Waals surface area contributed by atoms with Crippen molar-refractivity contribution in [3.05, 3.63) is 28.7 Å². The Hall–Kier alpha value is -0.580. The van der Waals surface area contributed by atoms with Crippen molar-refractivity contribution in [3.8, 4) is 5.75 Å². The van der Waals surface area contributed by atoms with E-state index in [0.717, 1.165) is 49.1 Å². The van der Waals surface area contributed by atoms with Gasteiger partial charge in [-0.1, -0.05) is 35.8 Å². The molecule has 2 rings (SSSR count). The maximum Gasteiger partial charge on any atom is 0.120 e. The molecular formula is C17H26BrNO2. The molecule has 0 spiro atoms. The Morgan fingerprint density at radius 1 is 1.38 bits per heavy atom. The second-order valence-corrected chi connectivity index (χ2v) is 6.60. The fourth-order valence-electron chi connectivity index (χ4n) is 2.93. The molecule has 1 unspecified atom stereocenters. The van der Waals surface area contributed by atoms with Gasteiger partial charge in [0, 0.05) is 23.7 Å². The first-order chi connectivity index (χ1) is 10.2. The molecule has 0 aromatic heterocycles. The third-order valence-electron chi connectivity index (χ3n) is 4.38. The van der Waals surface area contributed by atoms with Crippen molar-refractivity contribution in [2.45, 2.75) is 51.2 Å². The third kappa shape index (κ3) is 4.97. The van der Waals surface area contributed by atoms with Crippen LogP contribution in [-0.2, 0) is 4.74 Å². The van der Waals surface area contributed by atoms with Gasteiger partial charge in [-0.25, -0.2) is 0 Å². The topological polar surface area (TPSA) is 30.5 Å². The predicted octanol–water partition coefficient (Wildman–Crippen LogP) is 4.16. The van der Waals surface area contributed by atoms with Crippen LogP contribution in [0, 0.1) is 0 Å². The average Bonchev–Trinajstić information content (AvgIpc) is 2.52. The molecule has 1 N–H and O–H groups in total. The van der Waals surface area contributed by atoms with Crippen LogP contribution in [0.25, 0.3) is 0 Å². The minimum atomic E-state index is 0.0844. The molecule has 4 heteroatoms. The van der Waals surface area contributed by atoms with Gasteiger partial charge in [0.15, 0.2) is 0 Å². The molecule has 3 nitrogen and oxygen atoms in total. The normalized spacial score (nSPS) is 21.2. The van der Waals surface area contributed by atoms with Crippen molar-refractivity contribution in [2.24, 2.45) is 0 Å². The van der Waals surface area contributed by atoms with Gasteiger partial charge >= 0.3 is 0 Å². The minimum Gasteiger partial charge on any atom is -0.492 e. The highest BCUT2D eigenvalue weighted by molar-refractivity contribution is 9.10. The van der Waals surface area contributed by atoms with Gasteiger partial charge < -0.3 is 14.8 Å². The maximum atomic E-state index is 6.01. The van der Waals surface area contributed by atoms with E-state index in [0.29, 0.717) is 12.6 Å². The minimum absolute atomic E-state index is 0.0844. The van der Waals surface area contributed by atoms with Crippen LogP contribution in [0.4, 0.5) is 0 Å². The monoisotopic (exact) mass is 355 g/mol. The fourth-order valence-corrected chi connectivity index (χ4v) is 3.31. The molecular weight excluding hydrogens is 330 g/mol. The van der Waals surface area contributed by atoms with Crippen LogP contribution >= 0.6 is 15.9 Å². The first-order valence-corrected chi connectivity index (χ1v) is 8.72.